The van der Waals surface area contributed by atoms with Crippen molar-refractivity contribution in [1.82, 2.24) is 14.5 Å². The van der Waals surface area contributed by atoms with E-state index in [9.17, 15) is 4.79 Å². The molecule has 0 aliphatic carbocycles. The van der Waals surface area contributed by atoms with Gasteiger partial charge in [0.25, 0.3) is 0 Å². The van der Waals surface area contributed by atoms with Crippen molar-refractivity contribution in [3.05, 3.63) is 59.4 Å². The zero-order chi connectivity index (χ0) is 20.2. The molecule has 2 aromatic carbocycles. The minimum Gasteiger partial charge on any atom is -0.490 e. The van der Waals surface area contributed by atoms with Crippen LogP contribution in [-0.2, 0) is 11.3 Å². The van der Waals surface area contributed by atoms with Crippen molar-refractivity contribution < 1.29 is 9.53 Å². The Kier molecular flexibility index (Phi) is 6.05. The van der Waals surface area contributed by atoms with E-state index in [-0.39, 0.29) is 11.8 Å². The highest BCUT2D eigenvalue weighted by Crippen LogP contribution is 2.31. The second kappa shape index (κ2) is 8.87. The zero-order valence-corrected chi connectivity index (χ0v) is 17.4. The molecule has 1 aliphatic rings. The van der Waals surface area contributed by atoms with Crippen LogP contribution in [0.3, 0.4) is 0 Å². The third-order valence-corrected chi connectivity index (χ3v) is 5.77. The summed E-state index contributed by atoms with van der Waals surface area (Å²) >= 11 is 6.20. The van der Waals surface area contributed by atoms with Crippen molar-refractivity contribution in [2.75, 3.05) is 19.7 Å². The predicted octanol–water partition coefficient (Wildman–Crippen LogP) is 4.88. The van der Waals surface area contributed by atoms with E-state index in [4.69, 9.17) is 21.3 Å². The van der Waals surface area contributed by atoms with Crippen molar-refractivity contribution >= 4 is 28.5 Å². The number of carbonyl (C=O) groups excluding carboxylic acids is 1. The van der Waals surface area contributed by atoms with Gasteiger partial charge in [-0.15, -0.1) is 0 Å². The fourth-order valence-electron chi connectivity index (χ4n) is 3.96. The van der Waals surface area contributed by atoms with Gasteiger partial charge < -0.3 is 14.2 Å². The first kappa shape index (κ1) is 19.8. The van der Waals surface area contributed by atoms with E-state index in [1.165, 1.54) is 0 Å². The van der Waals surface area contributed by atoms with Gasteiger partial charge in [0.2, 0.25) is 5.91 Å². The van der Waals surface area contributed by atoms with Crippen LogP contribution in [0.25, 0.3) is 11.0 Å². The van der Waals surface area contributed by atoms with Gasteiger partial charge in [-0.1, -0.05) is 49.2 Å². The van der Waals surface area contributed by atoms with Gasteiger partial charge in [0.1, 0.15) is 18.2 Å². The molecule has 2 heterocycles. The fraction of sp³-hybridized carbons (Fsp3) is 0.391. The van der Waals surface area contributed by atoms with Crippen molar-refractivity contribution in [2.24, 2.45) is 0 Å². The number of fused-ring (bicyclic) bond motifs is 1. The van der Waals surface area contributed by atoms with E-state index in [0.717, 1.165) is 42.8 Å². The molecule has 29 heavy (non-hydrogen) atoms. The van der Waals surface area contributed by atoms with Crippen molar-refractivity contribution in [3.8, 4) is 5.75 Å². The van der Waals surface area contributed by atoms with Crippen LogP contribution >= 0.6 is 11.6 Å². The lowest BCUT2D eigenvalue weighted by atomic mass is 10.1. The molecule has 1 saturated heterocycles. The number of rotatable bonds is 8. The maximum absolute atomic E-state index is 12.5. The Bertz CT molecular complexity index is 1000. The number of hydrogen-bond donors (Lipinski definition) is 0. The lowest BCUT2D eigenvalue weighted by molar-refractivity contribution is -0.127. The average molecular weight is 412 g/mol. The molecule has 6 heteroatoms. The summed E-state index contributed by atoms with van der Waals surface area (Å²) in [6.07, 6.45) is 2.66. The van der Waals surface area contributed by atoms with Gasteiger partial charge >= 0.3 is 0 Å². The molecule has 0 bridgehead atoms. The number of likely N-dealkylation sites (tertiary alicyclic amines) is 1. The zero-order valence-electron chi connectivity index (χ0n) is 16.7. The number of unbranched alkanes of at least 4 members (excludes halogenated alkanes) is 1. The van der Waals surface area contributed by atoms with Crippen LogP contribution in [0.5, 0.6) is 5.75 Å². The van der Waals surface area contributed by atoms with Crippen molar-refractivity contribution in [1.29, 1.82) is 0 Å². The van der Waals surface area contributed by atoms with Crippen LogP contribution in [0.15, 0.2) is 48.5 Å². The average Bonchev–Trinajstić information content (AvgIpc) is 3.28. The first-order valence-electron chi connectivity index (χ1n) is 10.3. The minimum atomic E-state index is 0.118. The van der Waals surface area contributed by atoms with Crippen LogP contribution in [0.4, 0.5) is 0 Å². The lowest BCUT2D eigenvalue weighted by Gasteiger charge is -2.17. The van der Waals surface area contributed by atoms with Crippen LogP contribution in [0.1, 0.15) is 37.9 Å². The van der Waals surface area contributed by atoms with Crippen molar-refractivity contribution in [3.63, 3.8) is 0 Å². The minimum absolute atomic E-state index is 0.118. The Morgan fingerprint density at radius 3 is 2.76 bits per heavy atom. The number of benzene rings is 2. The van der Waals surface area contributed by atoms with Crippen molar-refractivity contribution in [2.45, 2.75) is 38.6 Å². The lowest BCUT2D eigenvalue weighted by Crippen LogP contribution is -2.26. The molecule has 1 fully saturated rings. The summed E-state index contributed by atoms with van der Waals surface area (Å²) in [6, 6.07) is 15.6. The summed E-state index contributed by atoms with van der Waals surface area (Å²) in [5, 5.41) is 0.608. The summed E-state index contributed by atoms with van der Waals surface area (Å²) < 4.78 is 8.12. The molecule has 4 rings (SSSR count). The highest BCUT2D eigenvalue weighted by atomic mass is 35.5. The standard InChI is InChI=1S/C23H26ClN3O2/c1-2-3-12-26-16-17(15-22(26)28)23-25-19-9-5-6-10-20(19)27(23)13-14-29-21-11-7-4-8-18(21)24/h4-11,17H,2-3,12-16H2,1H3/t17-/m1/s1. The normalized spacial score (nSPS) is 16.7. The topological polar surface area (TPSA) is 47.4 Å². The molecule has 1 amide bonds. The van der Waals surface area contributed by atoms with E-state index in [1.807, 2.05) is 47.4 Å². The Balaban J connectivity index is 1.55. The molecule has 3 aromatic rings. The number of aromatic nitrogens is 2. The highest BCUT2D eigenvalue weighted by Gasteiger charge is 2.33. The second-order valence-electron chi connectivity index (χ2n) is 7.48. The second-order valence-corrected chi connectivity index (χ2v) is 7.89. The molecule has 0 spiro atoms. The Morgan fingerprint density at radius 2 is 1.93 bits per heavy atom. The maximum atomic E-state index is 12.5. The Morgan fingerprint density at radius 1 is 1.14 bits per heavy atom. The van der Waals surface area contributed by atoms with Crippen LogP contribution in [-0.4, -0.2) is 40.1 Å². The number of amides is 1. The summed E-state index contributed by atoms with van der Waals surface area (Å²) in [7, 11) is 0. The SMILES string of the molecule is CCCCN1C[C@H](c2nc3ccccc3n2CCOc2ccccc2Cl)CC1=O. The molecule has 0 saturated carbocycles. The van der Waals surface area contributed by atoms with Gasteiger partial charge in [-0.3, -0.25) is 4.79 Å². The maximum Gasteiger partial charge on any atom is 0.223 e. The van der Waals surface area contributed by atoms with Crippen LogP contribution in [0.2, 0.25) is 5.02 Å². The van der Waals surface area contributed by atoms with Gasteiger partial charge in [0.15, 0.2) is 0 Å². The molecular formula is C23H26ClN3O2. The van der Waals surface area contributed by atoms with E-state index >= 15 is 0 Å². The summed E-state index contributed by atoms with van der Waals surface area (Å²) in [5.74, 6) is 2.00. The number of carbonyl (C=O) groups is 1. The largest absolute Gasteiger partial charge is 0.490 e. The fourth-order valence-corrected chi connectivity index (χ4v) is 4.15. The molecular weight excluding hydrogens is 386 g/mol. The molecule has 0 N–H and O–H groups in total. The number of halogens is 1. The quantitative estimate of drug-likeness (QED) is 0.530. The Labute approximate surface area is 176 Å². The number of hydrogen-bond acceptors (Lipinski definition) is 3. The molecule has 0 unspecified atom stereocenters. The third kappa shape index (κ3) is 4.25. The molecule has 5 nitrogen and oxygen atoms in total. The molecule has 1 aromatic heterocycles. The van der Waals surface area contributed by atoms with Gasteiger partial charge in [0, 0.05) is 25.4 Å². The highest BCUT2D eigenvalue weighted by molar-refractivity contribution is 6.32. The van der Waals surface area contributed by atoms with Gasteiger partial charge in [-0.2, -0.15) is 0 Å². The van der Waals surface area contributed by atoms with E-state index in [1.54, 1.807) is 0 Å². The Hall–Kier alpha value is -2.53. The summed E-state index contributed by atoms with van der Waals surface area (Å²) in [4.78, 5) is 19.4. The van der Waals surface area contributed by atoms with Gasteiger partial charge in [-0.05, 0) is 30.7 Å². The van der Waals surface area contributed by atoms with E-state index in [0.29, 0.717) is 30.3 Å². The molecule has 1 atom stereocenters. The first-order valence-corrected chi connectivity index (χ1v) is 10.7. The van der Waals surface area contributed by atoms with E-state index < -0.39 is 0 Å². The van der Waals surface area contributed by atoms with E-state index in [2.05, 4.69) is 17.6 Å². The first-order chi connectivity index (χ1) is 14.2. The van der Waals surface area contributed by atoms with Gasteiger partial charge in [-0.25, -0.2) is 4.98 Å². The molecule has 0 radical (unpaired) electrons. The van der Waals surface area contributed by atoms with Crippen LogP contribution in [0, 0.1) is 0 Å². The number of para-hydroxylation sites is 3. The number of imidazole rings is 1. The van der Waals surface area contributed by atoms with Gasteiger partial charge in [0.05, 0.1) is 22.6 Å². The predicted molar refractivity (Wildman–Crippen MR) is 116 cm³/mol. The number of ether oxygens (including phenoxy) is 1. The molecule has 152 valence electrons. The number of nitrogens with zero attached hydrogens (tertiary/aromatic N) is 3. The summed E-state index contributed by atoms with van der Waals surface area (Å²) in [5.41, 5.74) is 2.03. The van der Waals surface area contributed by atoms with Crippen LogP contribution < -0.4 is 4.74 Å². The smallest absolute Gasteiger partial charge is 0.223 e. The molecule has 1 aliphatic heterocycles. The third-order valence-electron chi connectivity index (χ3n) is 5.45. The summed E-state index contributed by atoms with van der Waals surface area (Å²) in [6.45, 7) is 4.86. The monoisotopic (exact) mass is 411 g/mol.